The van der Waals surface area contributed by atoms with Gasteiger partial charge in [0.2, 0.25) is 0 Å². The van der Waals surface area contributed by atoms with Crippen LogP contribution < -0.4 is 0 Å². The van der Waals surface area contributed by atoms with Crippen LogP contribution in [-0.4, -0.2) is 36.4 Å². The van der Waals surface area contributed by atoms with Gasteiger partial charge in [-0.3, -0.25) is 0 Å². The lowest BCUT2D eigenvalue weighted by atomic mass is 10.2. The number of nitrogens with zero attached hydrogens (tertiary/aromatic N) is 1. The number of quaternary nitrogens is 1. The van der Waals surface area contributed by atoms with Crippen molar-refractivity contribution in [3.05, 3.63) is 0 Å². The number of rotatable bonds is 11. The third-order valence-corrected chi connectivity index (χ3v) is 3.16. The Kier molecular flexibility index (Phi) is 14.0. The maximum Gasteiger partial charge on any atom is 0.109 e. The number of hydrogen-bond acceptors (Lipinski definition) is 2. The molecule has 0 atom stereocenters. The first-order valence-corrected chi connectivity index (χ1v) is 7.25. The maximum atomic E-state index is 6.07. The van der Waals surface area contributed by atoms with Gasteiger partial charge in [0.25, 0.3) is 0 Å². The first kappa shape index (κ1) is 19.2. The van der Waals surface area contributed by atoms with Gasteiger partial charge in [0.05, 0.1) is 0 Å². The van der Waals surface area contributed by atoms with E-state index in [1.807, 2.05) is 0 Å². The van der Waals surface area contributed by atoms with Crippen LogP contribution in [0.3, 0.4) is 0 Å². The molecule has 17 heavy (non-hydrogen) atoms. The summed E-state index contributed by atoms with van der Waals surface area (Å²) in [6.45, 7) is 13.4. The van der Waals surface area contributed by atoms with E-state index in [0.29, 0.717) is 0 Å². The minimum atomic E-state index is 0. The van der Waals surface area contributed by atoms with Crippen molar-refractivity contribution in [2.24, 2.45) is 0 Å². The van der Waals surface area contributed by atoms with E-state index >= 15 is 0 Å². The molecule has 1 N–H and O–H groups in total. The van der Waals surface area contributed by atoms with Gasteiger partial charge in [-0.05, 0) is 26.2 Å². The molecule has 0 spiro atoms. The van der Waals surface area contributed by atoms with Gasteiger partial charge in [-0.15, -0.1) is 0 Å². The molecular formula is C14H33NO2. The zero-order valence-electron chi connectivity index (χ0n) is 12.4. The molecule has 0 rings (SSSR count). The Morgan fingerprint density at radius 1 is 0.706 bits per heavy atom. The fraction of sp³-hybridized carbons (Fsp3) is 1.00. The Bertz CT molecular complexity index is 129. The van der Waals surface area contributed by atoms with E-state index in [9.17, 15) is 0 Å². The molecule has 3 nitrogen and oxygen atoms in total. The van der Waals surface area contributed by atoms with Gasteiger partial charge >= 0.3 is 0 Å². The van der Waals surface area contributed by atoms with Crippen LogP contribution in [0.5, 0.6) is 0 Å². The standard InChI is InChI=1S/C14H32NO.H2O/c1-5-9-12-15(16-8-4,13-10-6-2)14-11-7-3;/h5-14H2,1-4H3;1H2/q+1;/p-1. The Labute approximate surface area is 108 Å². The van der Waals surface area contributed by atoms with Crippen molar-refractivity contribution in [2.45, 2.75) is 66.2 Å². The van der Waals surface area contributed by atoms with Crippen molar-refractivity contribution in [3.8, 4) is 0 Å². The highest BCUT2D eigenvalue weighted by Crippen LogP contribution is 2.15. The molecular weight excluding hydrogens is 214 g/mol. The predicted molar refractivity (Wildman–Crippen MR) is 73.1 cm³/mol. The van der Waals surface area contributed by atoms with Crippen LogP contribution >= 0.6 is 0 Å². The lowest BCUT2D eigenvalue weighted by Gasteiger charge is -2.35. The van der Waals surface area contributed by atoms with Gasteiger partial charge in [0.15, 0.2) is 0 Å². The quantitative estimate of drug-likeness (QED) is 0.409. The van der Waals surface area contributed by atoms with Gasteiger partial charge in [-0.1, -0.05) is 40.0 Å². The largest absolute Gasteiger partial charge is 0.870 e. The molecule has 0 aromatic rings. The average molecular weight is 247 g/mol. The predicted octanol–water partition coefficient (Wildman–Crippen LogP) is 3.98. The molecule has 0 aliphatic carbocycles. The number of hydrogen-bond donors (Lipinski definition) is 0. The molecule has 0 bridgehead atoms. The van der Waals surface area contributed by atoms with Crippen LogP contribution in [-0.2, 0) is 4.84 Å². The van der Waals surface area contributed by atoms with E-state index in [0.717, 1.165) is 11.3 Å². The van der Waals surface area contributed by atoms with Crippen LogP contribution in [0.1, 0.15) is 66.2 Å². The van der Waals surface area contributed by atoms with Crippen molar-refractivity contribution >= 4 is 0 Å². The summed E-state index contributed by atoms with van der Waals surface area (Å²) in [4.78, 5) is 6.07. The molecule has 0 amide bonds. The summed E-state index contributed by atoms with van der Waals surface area (Å²) >= 11 is 0. The molecule has 0 radical (unpaired) electrons. The average Bonchev–Trinajstić information content (AvgIpc) is 2.31. The molecule has 0 saturated carbocycles. The van der Waals surface area contributed by atoms with E-state index in [1.54, 1.807) is 0 Å². The molecule has 0 aliphatic rings. The lowest BCUT2D eigenvalue weighted by molar-refractivity contribution is -1.11. The van der Waals surface area contributed by atoms with Crippen LogP contribution in [0.4, 0.5) is 0 Å². The lowest BCUT2D eigenvalue weighted by Crippen LogP contribution is -2.50. The van der Waals surface area contributed by atoms with Crippen LogP contribution in [0, 0.1) is 0 Å². The summed E-state index contributed by atoms with van der Waals surface area (Å²) in [5.74, 6) is 0. The zero-order chi connectivity index (χ0) is 12.3. The molecule has 3 heteroatoms. The van der Waals surface area contributed by atoms with Crippen LogP contribution in [0.25, 0.3) is 0 Å². The molecule has 0 saturated heterocycles. The first-order chi connectivity index (χ1) is 7.74. The van der Waals surface area contributed by atoms with E-state index < -0.39 is 0 Å². The minimum absolute atomic E-state index is 0. The number of unbranched alkanes of at least 4 members (excludes halogenated alkanes) is 3. The Hall–Kier alpha value is -0.120. The molecule has 0 unspecified atom stereocenters. The molecule has 0 aromatic heterocycles. The molecule has 106 valence electrons. The summed E-state index contributed by atoms with van der Waals surface area (Å²) < 4.78 is 0.909. The minimum Gasteiger partial charge on any atom is -0.870 e. The first-order valence-electron chi connectivity index (χ1n) is 7.25. The zero-order valence-corrected chi connectivity index (χ0v) is 12.4. The second-order valence-electron chi connectivity index (χ2n) is 4.71. The van der Waals surface area contributed by atoms with Gasteiger partial charge in [0, 0.05) is 0 Å². The van der Waals surface area contributed by atoms with Crippen molar-refractivity contribution in [2.75, 3.05) is 26.2 Å². The SMILES string of the molecule is CCCC[N+](CCCC)(CCCC)OCC.[OH-]. The van der Waals surface area contributed by atoms with Crippen molar-refractivity contribution in [1.29, 1.82) is 0 Å². The van der Waals surface area contributed by atoms with Crippen LogP contribution in [0.2, 0.25) is 0 Å². The van der Waals surface area contributed by atoms with E-state index in [2.05, 4.69) is 27.7 Å². The highest BCUT2D eigenvalue weighted by molar-refractivity contribution is 4.42. The summed E-state index contributed by atoms with van der Waals surface area (Å²) in [7, 11) is 0. The smallest absolute Gasteiger partial charge is 0.109 e. The normalized spacial score (nSPS) is 11.3. The maximum absolute atomic E-state index is 6.07. The Balaban J connectivity index is 0. The summed E-state index contributed by atoms with van der Waals surface area (Å²) in [6.07, 6.45) is 7.66. The van der Waals surface area contributed by atoms with Gasteiger partial charge < -0.3 is 5.48 Å². The molecule has 0 aliphatic heterocycles. The summed E-state index contributed by atoms with van der Waals surface area (Å²) in [5, 5.41) is 0. The Morgan fingerprint density at radius 2 is 1.06 bits per heavy atom. The summed E-state index contributed by atoms with van der Waals surface area (Å²) in [5.41, 5.74) is 0. The van der Waals surface area contributed by atoms with E-state index in [1.165, 1.54) is 58.2 Å². The van der Waals surface area contributed by atoms with Gasteiger partial charge in [-0.2, -0.15) is 4.65 Å². The summed E-state index contributed by atoms with van der Waals surface area (Å²) in [6, 6.07) is 0. The third-order valence-electron chi connectivity index (χ3n) is 3.16. The van der Waals surface area contributed by atoms with Crippen molar-refractivity contribution in [3.63, 3.8) is 0 Å². The second kappa shape index (κ2) is 12.3. The topological polar surface area (TPSA) is 39.2 Å². The van der Waals surface area contributed by atoms with E-state index in [4.69, 9.17) is 4.84 Å². The molecule has 0 fully saturated rings. The van der Waals surface area contributed by atoms with Gasteiger partial charge in [-0.25, -0.2) is 4.84 Å². The number of hydroxylamine groups is 3. The highest BCUT2D eigenvalue weighted by atomic mass is 16.7. The van der Waals surface area contributed by atoms with E-state index in [-0.39, 0.29) is 5.48 Å². The van der Waals surface area contributed by atoms with Crippen molar-refractivity contribution < 1.29 is 15.0 Å². The fourth-order valence-corrected chi connectivity index (χ4v) is 2.14. The van der Waals surface area contributed by atoms with Crippen molar-refractivity contribution in [1.82, 2.24) is 0 Å². The highest BCUT2D eigenvalue weighted by Gasteiger charge is 2.27. The second-order valence-corrected chi connectivity index (χ2v) is 4.71. The molecule has 0 heterocycles. The fourth-order valence-electron chi connectivity index (χ4n) is 2.14. The molecule has 0 aromatic carbocycles. The third kappa shape index (κ3) is 8.58. The van der Waals surface area contributed by atoms with Gasteiger partial charge in [0.1, 0.15) is 26.2 Å². The van der Waals surface area contributed by atoms with Crippen LogP contribution in [0.15, 0.2) is 0 Å². The monoisotopic (exact) mass is 247 g/mol. The Morgan fingerprint density at radius 3 is 1.29 bits per heavy atom.